The molecule has 0 unspecified atom stereocenters. The molecule has 0 saturated heterocycles. The van der Waals surface area contributed by atoms with Gasteiger partial charge in [-0.15, -0.1) is 0 Å². The number of benzene rings is 3. The maximum absolute atomic E-state index is 14.9. The Balaban J connectivity index is 2.68. The fraction of sp³-hybridized carbons (Fsp3) is 0.143. The fourth-order valence-electron chi connectivity index (χ4n) is 3.52. The SMILES string of the molecule is Cc1c(F)c(F)c(F)c(B(c2c(F)c(C)c(F)c(F)c2F)c2c(F)c(C)c(F)c(F)c2F)c1F. The quantitative estimate of drug-likeness (QED) is 0.210. The molecule has 34 heavy (non-hydrogen) atoms. The van der Waals surface area contributed by atoms with Crippen LogP contribution < -0.4 is 16.4 Å². The molecule has 0 fully saturated rings. The second kappa shape index (κ2) is 8.59. The molecule has 0 aromatic heterocycles. The molecule has 0 atom stereocenters. The molecule has 0 heterocycles. The number of halogens is 12. The van der Waals surface area contributed by atoms with Gasteiger partial charge in [0.05, 0.1) is 0 Å². The normalized spacial score (nSPS) is 11.4. The molecular formula is C21H9BF12. The summed E-state index contributed by atoms with van der Waals surface area (Å²) in [5, 5.41) is 0. The molecule has 3 rings (SSSR count). The van der Waals surface area contributed by atoms with Crippen LogP contribution in [0.4, 0.5) is 52.7 Å². The summed E-state index contributed by atoms with van der Waals surface area (Å²) in [4.78, 5) is 0. The Hall–Kier alpha value is -3.12. The van der Waals surface area contributed by atoms with E-state index in [1.807, 2.05) is 0 Å². The molecule has 3 aromatic rings. The Morgan fingerprint density at radius 1 is 0.294 bits per heavy atom. The fourth-order valence-corrected chi connectivity index (χ4v) is 3.52. The van der Waals surface area contributed by atoms with Crippen LogP contribution in [0.1, 0.15) is 16.7 Å². The van der Waals surface area contributed by atoms with Crippen LogP contribution in [0.3, 0.4) is 0 Å². The summed E-state index contributed by atoms with van der Waals surface area (Å²) in [6.07, 6.45) is 0. The van der Waals surface area contributed by atoms with E-state index in [0.717, 1.165) is 0 Å². The lowest BCUT2D eigenvalue weighted by Gasteiger charge is -2.23. The minimum Gasteiger partial charge on any atom is -0.207 e. The Morgan fingerprint density at radius 2 is 0.500 bits per heavy atom. The predicted molar refractivity (Wildman–Crippen MR) is 97.7 cm³/mol. The van der Waals surface area contributed by atoms with Crippen LogP contribution in [-0.4, -0.2) is 6.71 Å². The lowest BCUT2D eigenvalue weighted by molar-refractivity contribution is 0.430. The van der Waals surface area contributed by atoms with Crippen molar-refractivity contribution in [2.24, 2.45) is 0 Å². The number of rotatable bonds is 3. The van der Waals surface area contributed by atoms with Crippen LogP contribution in [0.15, 0.2) is 0 Å². The summed E-state index contributed by atoms with van der Waals surface area (Å²) in [6.45, 7) is -1.70. The van der Waals surface area contributed by atoms with Crippen LogP contribution in [0, 0.1) is 90.6 Å². The number of hydrogen-bond donors (Lipinski definition) is 0. The third-order valence-corrected chi connectivity index (χ3v) is 5.42. The van der Waals surface area contributed by atoms with Crippen molar-refractivity contribution in [1.82, 2.24) is 0 Å². The van der Waals surface area contributed by atoms with Crippen LogP contribution in [-0.2, 0) is 0 Å². The van der Waals surface area contributed by atoms with Crippen molar-refractivity contribution in [3.63, 3.8) is 0 Å². The van der Waals surface area contributed by atoms with Gasteiger partial charge in [-0.05, 0) is 20.8 Å². The first-order chi connectivity index (χ1) is 15.7. The third kappa shape index (κ3) is 3.43. The second-order valence-corrected chi connectivity index (χ2v) is 7.32. The summed E-state index contributed by atoms with van der Waals surface area (Å²) in [5.41, 5.74) is -9.91. The minimum absolute atomic E-state index is 0.514. The summed E-state index contributed by atoms with van der Waals surface area (Å²) in [7, 11) is 0. The summed E-state index contributed by atoms with van der Waals surface area (Å²) >= 11 is 0. The van der Waals surface area contributed by atoms with Gasteiger partial charge in [-0.1, -0.05) is 0 Å². The molecule has 0 radical (unpaired) electrons. The average molecular weight is 500 g/mol. The zero-order valence-corrected chi connectivity index (χ0v) is 17.1. The standard InChI is InChI=1S/C21H9BF12/c1-4-10(23)7(16(29)19(32)13(4)26)22(8-11(24)5(2)14(27)20(33)17(8)30)9-12(25)6(3)15(28)21(34)18(9)31/h1-3H3. The molecule has 0 spiro atoms. The Bertz CT molecular complexity index is 1110. The van der Waals surface area contributed by atoms with Crippen LogP contribution >= 0.6 is 0 Å². The van der Waals surface area contributed by atoms with E-state index in [0.29, 0.717) is 20.8 Å². The van der Waals surface area contributed by atoms with Gasteiger partial charge in [0.15, 0.2) is 52.4 Å². The molecule has 0 amide bonds. The Morgan fingerprint density at radius 3 is 0.706 bits per heavy atom. The summed E-state index contributed by atoms with van der Waals surface area (Å²) in [5.74, 6) is -27.8. The van der Waals surface area contributed by atoms with Crippen molar-refractivity contribution in [2.45, 2.75) is 20.8 Å². The van der Waals surface area contributed by atoms with E-state index in [9.17, 15) is 52.7 Å². The molecule has 0 aliphatic rings. The topological polar surface area (TPSA) is 0 Å². The highest BCUT2D eigenvalue weighted by molar-refractivity contribution is 6.95. The highest BCUT2D eigenvalue weighted by atomic mass is 19.2. The Kier molecular flexibility index (Phi) is 6.44. The van der Waals surface area contributed by atoms with E-state index in [-0.39, 0.29) is 0 Å². The van der Waals surface area contributed by atoms with Gasteiger partial charge in [0.2, 0.25) is 0 Å². The molecule has 13 heteroatoms. The molecule has 0 aliphatic carbocycles. The van der Waals surface area contributed by atoms with Crippen molar-refractivity contribution in [3.8, 4) is 0 Å². The van der Waals surface area contributed by atoms with Crippen molar-refractivity contribution in [1.29, 1.82) is 0 Å². The molecule has 0 nitrogen and oxygen atoms in total. The highest BCUT2D eigenvalue weighted by Gasteiger charge is 2.43. The largest absolute Gasteiger partial charge is 0.264 e. The van der Waals surface area contributed by atoms with Crippen molar-refractivity contribution < 1.29 is 52.7 Å². The van der Waals surface area contributed by atoms with E-state index < -0.39 is 110 Å². The van der Waals surface area contributed by atoms with Gasteiger partial charge in [0.25, 0.3) is 6.71 Å². The molecule has 0 N–H and O–H groups in total. The zero-order valence-electron chi connectivity index (χ0n) is 17.1. The van der Waals surface area contributed by atoms with Gasteiger partial charge in [-0.2, -0.15) is 0 Å². The first-order valence-corrected chi connectivity index (χ1v) is 9.13. The molecule has 3 aromatic carbocycles. The molecule has 0 aliphatic heterocycles. The van der Waals surface area contributed by atoms with E-state index >= 15 is 0 Å². The van der Waals surface area contributed by atoms with E-state index in [2.05, 4.69) is 0 Å². The van der Waals surface area contributed by atoms with Gasteiger partial charge in [-0.25, -0.2) is 52.7 Å². The van der Waals surface area contributed by atoms with Crippen LogP contribution in [0.5, 0.6) is 0 Å². The average Bonchev–Trinajstić information content (AvgIpc) is 2.81. The minimum atomic E-state index is -3.24. The van der Waals surface area contributed by atoms with Gasteiger partial charge in [-0.3, -0.25) is 0 Å². The van der Waals surface area contributed by atoms with E-state index in [4.69, 9.17) is 0 Å². The van der Waals surface area contributed by atoms with Crippen molar-refractivity contribution >= 4 is 23.1 Å². The molecule has 0 bridgehead atoms. The first-order valence-electron chi connectivity index (χ1n) is 9.13. The highest BCUT2D eigenvalue weighted by Crippen LogP contribution is 2.24. The van der Waals surface area contributed by atoms with Gasteiger partial charge in [0, 0.05) is 33.1 Å². The number of hydrogen-bond acceptors (Lipinski definition) is 0. The smallest absolute Gasteiger partial charge is 0.207 e. The molecular weight excluding hydrogens is 491 g/mol. The zero-order chi connectivity index (χ0) is 26.0. The van der Waals surface area contributed by atoms with Crippen LogP contribution in [0.2, 0.25) is 0 Å². The van der Waals surface area contributed by atoms with Gasteiger partial charge < -0.3 is 0 Å². The van der Waals surface area contributed by atoms with Gasteiger partial charge in [0.1, 0.15) is 17.5 Å². The monoisotopic (exact) mass is 500 g/mol. The lowest BCUT2D eigenvalue weighted by Crippen LogP contribution is -2.60. The lowest BCUT2D eigenvalue weighted by atomic mass is 9.35. The predicted octanol–water partition coefficient (Wildman–Crippen LogP) is 4.80. The maximum atomic E-state index is 14.9. The Labute approximate surface area is 183 Å². The second-order valence-electron chi connectivity index (χ2n) is 7.32. The maximum Gasteiger partial charge on any atom is 0.264 e. The first kappa shape index (κ1) is 25.5. The van der Waals surface area contributed by atoms with E-state index in [1.165, 1.54) is 0 Å². The van der Waals surface area contributed by atoms with Crippen molar-refractivity contribution in [2.75, 3.05) is 0 Å². The summed E-state index contributed by atoms with van der Waals surface area (Å²) in [6, 6.07) is 0. The van der Waals surface area contributed by atoms with Gasteiger partial charge >= 0.3 is 0 Å². The third-order valence-electron chi connectivity index (χ3n) is 5.42. The van der Waals surface area contributed by atoms with Crippen molar-refractivity contribution in [3.05, 3.63) is 86.5 Å². The van der Waals surface area contributed by atoms with E-state index in [1.54, 1.807) is 0 Å². The molecule has 0 saturated carbocycles. The van der Waals surface area contributed by atoms with Crippen LogP contribution in [0.25, 0.3) is 0 Å². The molecule has 180 valence electrons. The summed E-state index contributed by atoms with van der Waals surface area (Å²) < 4.78 is 173.